The van der Waals surface area contributed by atoms with Crippen LogP contribution < -0.4 is 20.7 Å². The number of rotatable bonds is 7. The molecule has 3 N–H and O–H groups in total. The van der Waals surface area contributed by atoms with Gasteiger partial charge in [0.15, 0.2) is 0 Å². The fourth-order valence-corrected chi connectivity index (χ4v) is 2.38. The molecule has 0 spiro atoms. The zero-order valence-corrected chi connectivity index (χ0v) is 15.4. The van der Waals surface area contributed by atoms with Crippen LogP contribution in [-0.2, 0) is 9.59 Å². The zero-order chi connectivity index (χ0) is 20.8. The zero-order valence-electron chi connectivity index (χ0n) is 15.4. The van der Waals surface area contributed by atoms with E-state index in [2.05, 4.69) is 16.0 Å². The number of benzene rings is 2. The summed E-state index contributed by atoms with van der Waals surface area (Å²) in [6.07, 6.45) is 0. The Morgan fingerprint density at radius 1 is 1.14 bits per heavy atom. The first-order chi connectivity index (χ1) is 13.2. The van der Waals surface area contributed by atoms with E-state index in [0.29, 0.717) is 17.1 Å². The number of nitrogens with zero attached hydrogens (tertiary/aromatic N) is 1. The summed E-state index contributed by atoms with van der Waals surface area (Å²) in [4.78, 5) is 33.5. The van der Waals surface area contributed by atoms with Gasteiger partial charge in [0, 0.05) is 24.4 Å². The van der Waals surface area contributed by atoms with E-state index >= 15 is 0 Å². The van der Waals surface area contributed by atoms with Gasteiger partial charge in [-0.05, 0) is 37.3 Å². The molecule has 0 aliphatic carbocycles. The molecule has 2 rings (SSSR count). The van der Waals surface area contributed by atoms with Gasteiger partial charge in [0.05, 0.1) is 17.7 Å². The molecule has 10 heteroatoms. The molecule has 0 aromatic heterocycles. The maximum absolute atomic E-state index is 13.4. The lowest BCUT2D eigenvalue weighted by Crippen LogP contribution is -2.32. The van der Waals surface area contributed by atoms with Crippen molar-refractivity contribution in [2.24, 2.45) is 0 Å². The lowest BCUT2D eigenvalue weighted by molar-refractivity contribution is -0.387. The molecule has 0 aliphatic heterocycles. The molecule has 0 aliphatic rings. The minimum atomic E-state index is -0.992. The van der Waals surface area contributed by atoms with E-state index in [1.54, 1.807) is 25.1 Å². The standard InChI is InChI=1S/C18H19FN4O5/c1-10(18(25)22-13-4-6-14(19)16(9-13)23(26)27)20-15-8-12(21-11(2)24)5-7-17(15)28-3/h4-10,20H,1-3H3,(H,21,24)(H,22,25)/t10-/m0/s1. The fourth-order valence-electron chi connectivity index (χ4n) is 2.38. The van der Waals surface area contributed by atoms with Crippen molar-refractivity contribution >= 4 is 34.6 Å². The summed E-state index contributed by atoms with van der Waals surface area (Å²) in [5.74, 6) is -1.30. The number of halogens is 1. The molecule has 2 aromatic carbocycles. The van der Waals surface area contributed by atoms with Crippen molar-refractivity contribution in [1.29, 1.82) is 0 Å². The van der Waals surface area contributed by atoms with Crippen LogP contribution in [-0.4, -0.2) is 29.9 Å². The molecule has 1 atom stereocenters. The molecule has 0 bridgehead atoms. The van der Waals surface area contributed by atoms with Crippen LogP contribution in [0, 0.1) is 15.9 Å². The number of methoxy groups -OCH3 is 1. The Morgan fingerprint density at radius 2 is 1.79 bits per heavy atom. The third-order valence-corrected chi connectivity index (χ3v) is 3.70. The van der Waals surface area contributed by atoms with Crippen molar-refractivity contribution in [3.63, 3.8) is 0 Å². The number of nitro groups is 1. The number of carbonyl (C=O) groups excluding carboxylic acids is 2. The van der Waals surface area contributed by atoms with Gasteiger partial charge < -0.3 is 20.7 Å². The number of nitrogens with one attached hydrogen (secondary N) is 3. The Kier molecular flexibility index (Phi) is 6.48. The van der Waals surface area contributed by atoms with Gasteiger partial charge in [0.25, 0.3) is 0 Å². The largest absolute Gasteiger partial charge is 0.495 e. The first-order valence-electron chi connectivity index (χ1n) is 8.18. The second-order valence-corrected chi connectivity index (χ2v) is 5.87. The first-order valence-corrected chi connectivity index (χ1v) is 8.18. The van der Waals surface area contributed by atoms with Gasteiger partial charge in [-0.3, -0.25) is 19.7 Å². The van der Waals surface area contributed by atoms with Crippen LogP contribution in [0.15, 0.2) is 36.4 Å². The average Bonchev–Trinajstić information content (AvgIpc) is 2.62. The van der Waals surface area contributed by atoms with Crippen molar-refractivity contribution in [3.05, 3.63) is 52.3 Å². The Balaban J connectivity index is 2.15. The molecule has 9 nitrogen and oxygen atoms in total. The van der Waals surface area contributed by atoms with Crippen molar-refractivity contribution < 1.29 is 23.6 Å². The van der Waals surface area contributed by atoms with E-state index in [-0.39, 0.29) is 11.6 Å². The van der Waals surface area contributed by atoms with E-state index in [1.165, 1.54) is 20.1 Å². The number of carbonyl (C=O) groups is 2. The summed E-state index contributed by atoms with van der Waals surface area (Å²) in [6, 6.07) is 7.18. The van der Waals surface area contributed by atoms with Crippen molar-refractivity contribution in [3.8, 4) is 5.75 Å². The van der Waals surface area contributed by atoms with Gasteiger partial charge >= 0.3 is 5.69 Å². The molecular formula is C18H19FN4O5. The summed E-state index contributed by atoms with van der Waals surface area (Å²) < 4.78 is 18.6. The number of hydrogen-bond acceptors (Lipinski definition) is 6. The third-order valence-electron chi connectivity index (χ3n) is 3.70. The molecule has 0 saturated heterocycles. The van der Waals surface area contributed by atoms with E-state index in [4.69, 9.17) is 4.74 Å². The summed E-state index contributed by atoms with van der Waals surface area (Å²) in [6.45, 7) is 2.94. The van der Waals surface area contributed by atoms with Gasteiger partial charge in [-0.1, -0.05) is 0 Å². The Bertz CT molecular complexity index is 919. The maximum atomic E-state index is 13.4. The van der Waals surface area contributed by atoms with E-state index < -0.39 is 28.4 Å². The van der Waals surface area contributed by atoms with Gasteiger partial charge in [0.2, 0.25) is 17.6 Å². The summed E-state index contributed by atoms with van der Waals surface area (Å²) >= 11 is 0. The van der Waals surface area contributed by atoms with E-state index in [0.717, 1.165) is 12.1 Å². The van der Waals surface area contributed by atoms with E-state index in [1.807, 2.05) is 0 Å². The molecular weight excluding hydrogens is 371 g/mol. The van der Waals surface area contributed by atoms with Gasteiger partial charge in [-0.2, -0.15) is 4.39 Å². The third kappa shape index (κ3) is 5.16. The molecule has 0 radical (unpaired) electrons. The van der Waals surface area contributed by atoms with Crippen LogP contribution >= 0.6 is 0 Å². The molecule has 28 heavy (non-hydrogen) atoms. The summed E-state index contributed by atoms with van der Waals surface area (Å²) in [7, 11) is 1.46. The first kappa shape index (κ1) is 20.6. The van der Waals surface area contributed by atoms with Gasteiger partial charge in [-0.15, -0.1) is 0 Å². The number of nitro benzene ring substituents is 1. The highest BCUT2D eigenvalue weighted by Crippen LogP contribution is 2.29. The predicted molar refractivity (Wildman–Crippen MR) is 102 cm³/mol. The molecule has 0 saturated carbocycles. The minimum Gasteiger partial charge on any atom is -0.495 e. The molecule has 0 unspecified atom stereocenters. The number of anilines is 3. The van der Waals surface area contributed by atoms with Crippen LogP contribution in [0.5, 0.6) is 5.75 Å². The predicted octanol–water partition coefficient (Wildman–Crippen LogP) is 3.14. The lowest BCUT2D eigenvalue weighted by Gasteiger charge is -2.18. The number of hydrogen-bond donors (Lipinski definition) is 3. The van der Waals surface area contributed by atoms with Crippen LogP contribution in [0.25, 0.3) is 0 Å². The topological polar surface area (TPSA) is 123 Å². The highest BCUT2D eigenvalue weighted by Gasteiger charge is 2.19. The van der Waals surface area contributed by atoms with Crippen molar-refractivity contribution in [2.45, 2.75) is 19.9 Å². The molecule has 148 valence electrons. The normalized spacial score (nSPS) is 11.3. The van der Waals surface area contributed by atoms with Crippen LogP contribution in [0.2, 0.25) is 0 Å². The van der Waals surface area contributed by atoms with Gasteiger partial charge in [0.1, 0.15) is 11.8 Å². The van der Waals surface area contributed by atoms with E-state index in [9.17, 15) is 24.1 Å². The lowest BCUT2D eigenvalue weighted by atomic mass is 10.2. The van der Waals surface area contributed by atoms with Crippen LogP contribution in [0.3, 0.4) is 0 Å². The SMILES string of the molecule is COc1ccc(NC(C)=O)cc1N[C@@H](C)C(=O)Nc1ccc(F)c([N+](=O)[O-])c1. The van der Waals surface area contributed by atoms with Gasteiger partial charge in [-0.25, -0.2) is 0 Å². The Hall–Kier alpha value is -3.69. The van der Waals surface area contributed by atoms with Crippen molar-refractivity contribution in [1.82, 2.24) is 0 Å². The number of ether oxygens (including phenoxy) is 1. The monoisotopic (exact) mass is 390 g/mol. The van der Waals surface area contributed by atoms with Crippen LogP contribution in [0.4, 0.5) is 27.1 Å². The number of amides is 2. The Labute approximate surface area is 160 Å². The molecule has 0 fully saturated rings. The molecule has 2 aromatic rings. The molecule has 2 amide bonds. The Morgan fingerprint density at radius 3 is 2.39 bits per heavy atom. The second-order valence-electron chi connectivity index (χ2n) is 5.87. The highest BCUT2D eigenvalue weighted by molar-refractivity contribution is 5.97. The average molecular weight is 390 g/mol. The minimum absolute atomic E-state index is 0.0886. The van der Waals surface area contributed by atoms with Crippen LogP contribution in [0.1, 0.15) is 13.8 Å². The highest BCUT2D eigenvalue weighted by atomic mass is 19.1. The fraction of sp³-hybridized carbons (Fsp3) is 0.222. The summed E-state index contributed by atoms with van der Waals surface area (Å²) in [5.41, 5.74) is 0.327. The second kappa shape index (κ2) is 8.80. The molecule has 0 heterocycles. The van der Waals surface area contributed by atoms with Crippen molar-refractivity contribution in [2.75, 3.05) is 23.1 Å². The quantitative estimate of drug-likeness (QED) is 0.493. The summed E-state index contributed by atoms with van der Waals surface area (Å²) in [5, 5.41) is 18.9. The smallest absolute Gasteiger partial charge is 0.306 e. The maximum Gasteiger partial charge on any atom is 0.306 e.